The Hall–Kier alpha value is -2.09. The molecule has 0 saturated heterocycles. The molecule has 1 aliphatic rings. The van der Waals surface area contributed by atoms with Crippen LogP contribution < -0.4 is 10.8 Å². The average Bonchev–Trinajstić information content (AvgIpc) is 2.89. The number of imidazole rings is 1. The molecule has 20 heavy (non-hydrogen) atoms. The molecule has 0 spiro atoms. The van der Waals surface area contributed by atoms with Gasteiger partial charge in [-0.05, 0) is 6.42 Å². The van der Waals surface area contributed by atoms with E-state index in [1.807, 2.05) is 4.57 Å². The number of unbranched alkanes of at least 4 members (excludes halogenated alkanes) is 1. The van der Waals surface area contributed by atoms with E-state index in [9.17, 15) is 9.59 Å². The van der Waals surface area contributed by atoms with Gasteiger partial charge < -0.3 is 14.8 Å². The summed E-state index contributed by atoms with van der Waals surface area (Å²) in [7, 11) is 0. The molecule has 0 radical (unpaired) electrons. The van der Waals surface area contributed by atoms with Gasteiger partial charge in [0.1, 0.15) is 11.5 Å². The fraction of sp³-hybridized carbons (Fsp3) is 0.583. The summed E-state index contributed by atoms with van der Waals surface area (Å²) in [5.74, 6) is -0.00802. The van der Waals surface area contributed by atoms with E-state index in [1.165, 1.54) is 0 Å². The molecule has 3 N–H and O–H groups in total. The maximum atomic E-state index is 11.9. The Morgan fingerprint density at radius 3 is 2.95 bits per heavy atom. The van der Waals surface area contributed by atoms with E-state index >= 15 is 0 Å². The highest BCUT2D eigenvalue weighted by Crippen LogP contribution is 2.13. The first-order chi connectivity index (χ1) is 9.65. The highest BCUT2D eigenvalue weighted by Gasteiger charge is 2.23. The largest absolute Gasteiger partial charge is 0.338 e. The number of nitrogens with one attached hydrogen (secondary N) is 2. The Kier molecular flexibility index (Phi) is 4.57. The number of amides is 3. The van der Waals surface area contributed by atoms with E-state index in [1.54, 1.807) is 16.6 Å². The Bertz CT molecular complexity index is 499. The van der Waals surface area contributed by atoms with Crippen molar-refractivity contribution in [2.45, 2.75) is 32.9 Å². The van der Waals surface area contributed by atoms with Crippen LogP contribution in [-0.4, -0.2) is 44.7 Å². The number of nitrogens with zero attached hydrogens (tertiary/aromatic N) is 3. The molecular formula is C12H19N5O3. The second-order valence-corrected chi connectivity index (χ2v) is 4.68. The van der Waals surface area contributed by atoms with Crippen molar-refractivity contribution < 1.29 is 14.8 Å². The third-order valence-electron chi connectivity index (χ3n) is 3.23. The molecule has 1 aromatic heterocycles. The molecule has 0 fully saturated rings. The molecule has 110 valence electrons. The van der Waals surface area contributed by atoms with Gasteiger partial charge in [0.2, 0.25) is 0 Å². The van der Waals surface area contributed by atoms with Crippen LogP contribution in [0, 0.1) is 0 Å². The third-order valence-corrected chi connectivity index (χ3v) is 3.23. The summed E-state index contributed by atoms with van der Waals surface area (Å²) in [5.41, 5.74) is 1.70. The van der Waals surface area contributed by atoms with Crippen molar-refractivity contribution >= 4 is 11.9 Å². The Morgan fingerprint density at radius 1 is 1.45 bits per heavy atom. The second-order valence-electron chi connectivity index (χ2n) is 4.68. The molecule has 2 rings (SSSR count). The van der Waals surface area contributed by atoms with Crippen molar-refractivity contribution in [2.75, 3.05) is 13.1 Å². The Morgan fingerprint density at radius 2 is 2.25 bits per heavy atom. The third kappa shape index (κ3) is 3.08. The summed E-state index contributed by atoms with van der Waals surface area (Å²) in [5, 5.41) is 11.4. The number of carbonyl (C=O) groups excluding carboxylic acids is 2. The monoisotopic (exact) mass is 281 g/mol. The van der Waals surface area contributed by atoms with Crippen LogP contribution in [0.1, 0.15) is 36.1 Å². The standard InChI is InChI=1S/C12H19N5O3/c1-2-3-4-13-12(19)17-6-5-16-7-9(11(18)15-20)14-10(16)8-17/h7,20H,2-6,8H2,1H3,(H,13,19)(H,15,18). The smallest absolute Gasteiger partial charge is 0.317 e. The second kappa shape index (κ2) is 6.38. The zero-order valence-corrected chi connectivity index (χ0v) is 11.4. The highest BCUT2D eigenvalue weighted by atomic mass is 16.5. The lowest BCUT2D eigenvalue weighted by atomic mass is 10.3. The lowest BCUT2D eigenvalue weighted by molar-refractivity contribution is 0.0701. The quantitative estimate of drug-likeness (QED) is 0.420. The molecule has 0 unspecified atom stereocenters. The van der Waals surface area contributed by atoms with E-state index in [0.29, 0.717) is 32.0 Å². The SMILES string of the molecule is CCCCNC(=O)N1CCn2cc(C(=O)NO)nc2C1. The topological polar surface area (TPSA) is 99.5 Å². The molecule has 1 aromatic rings. The predicted molar refractivity (Wildman–Crippen MR) is 70.2 cm³/mol. The number of fused-ring (bicyclic) bond motifs is 1. The summed E-state index contributed by atoms with van der Waals surface area (Å²) in [6.45, 7) is 4.25. The van der Waals surface area contributed by atoms with Crippen molar-refractivity contribution in [3.05, 3.63) is 17.7 Å². The van der Waals surface area contributed by atoms with E-state index in [-0.39, 0.29) is 11.7 Å². The number of urea groups is 1. The molecule has 3 amide bonds. The van der Waals surface area contributed by atoms with Crippen LogP contribution in [0.4, 0.5) is 4.79 Å². The maximum absolute atomic E-state index is 11.9. The average molecular weight is 281 g/mol. The van der Waals surface area contributed by atoms with Gasteiger partial charge in [-0.15, -0.1) is 0 Å². The van der Waals surface area contributed by atoms with Gasteiger partial charge in [-0.3, -0.25) is 10.0 Å². The van der Waals surface area contributed by atoms with Crippen molar-refractivity contribution in [1.29, 1.82) is 0 Å². The van der Waals surface area contributed by atoms with Crippen molar-refractivity contribution in [2.24, 2.45) is 0 Å². The zero-order valence-electron chi connectivity index (χ0n) is 11.4. The van der Waals surface area contributed by atoms with Gasteiger partial charge in [0.05, 0.1) is 6.54 Å². The number of carbonyl (C=O) groups is 2. The summed E-state index contributed by atoms with van der Waals surface area (Å²) in [4.78, 5) is 29.0. The number of rotatable bonds is 4. The molecule has 0 saturated carbocycles. The zero-order chi connectivity index (χ0) is 14.5. The predicted octanol–water partition coefficient (Wildman–Crippen LogP) is 0.327. The normalized spacial score (nSPS) is 13.8. The minimum absolute atomic E-state index is 0.110. The van der Waals surface area contributed by atoms with Crippen molar-refractivity contribution in [1.82, 2.24) is 25.2 Å². The summed E-state index contributed by atoms with van der Waals surface area (Å²) in [6.07, 6.45) is 3.56. The minimum Gasteiger partial charge on any atom is -0.338 e. The number of hydrogen-bond acceptors (Lipinski definition) is 4. The lowest BCUT2D eigenvalue weighted by Gasteiger charge is -2.27. The molecule has 8 nitrogen and oxygen atoms in total. The van der Waals surface area contributed by atoms with Gasteiger partial charge in [0.25, 0.3) is 5.91 Å². The summed E-state index contributed by atoms with van der Waals surface area (Å²) >= 11 is 0. The van der Waals surface area contributed by atoms with Crippen LogP contribution in [0.3, 0.4) is 0 Å². The molecule has 0 aliphatic carbocycles. The number of aromatic nitrogens is 2. The summed E-state index contributed by atoms with van der Waals surface area (Å²) < 4.78 is 1.82. The van der Waals surface area contributed by atoms with E-state index in [2.05, 4.69) is 17.2 Å². The first-order valence-corrected chi connectivity index (χ1v) is 6.69. The molecule has 2 heterocycles. The number of hydroxylamine groups is 1. The molecular weight excluding hydrogens is 262 g/mol. The van der Waals surface area contributed by atoms with Crippen LogP contribution >= 0.6 is 0 Å². The van der Waals surface area contributed by atoms with Crippen LogP contribution in [0.15, 0.2) is 6.20 Å². The first kappa shape index (κ1) is 14.3. The lowest BCUT2D eigenvalue weighted by Crippen LogP contribution is -2.44. The van der Waals surface area contributed by atoms with Crippen molar-refractivity contribution in [3.63, 3.8) is 0 Å². The number of hydrogen-bond donors (Lipinski definition) is 3. The fourth-order valence-electron chi connectivity index (χ4n) is 2.08. The van der Waals surface area contributed by atoms with Crippen LogP contribution in [-0.2, 0) is 13.1 Å². The molecule has 0 atom stereocenters. The Labute approximate surface area is 116 Å². The van der Waals surface area contributed by atoms with Crippen LogP contribution in [0.2, 0.25) is 0 Å². The van der Waals surface area contributed by atoms with Gasteiger partial charge in [-0.2, -0.15) is 0 Å². The van der Waals surface area contributed by atoms with Gasteiger partial charge in [-0.1, -0.05) is 13.3 Å². The van der Waals surface area contributed by atoms with Crippen LogP contribution in [0.25, 0.3) is 0 Å². The molecule has 0 bridgehead atoms. The summed E-state index contributed by atoms with van der Waals surface area (Å²) in [6, 6.07) is -0.110. The first-order valence-electron chi connectivity index (χ1n) is 6.69. The van der Waals surface area contributed by atoms with Gasteiger partial charge in [0, 0.05) is 25.8 Å². The molecule has 1 aliphatic heterocycles. The minimum atomic E-state index is -0.647. The van der Waals surface area contributed by atoms with Gasteiger partial charge in [0.15, 0.2) is 0 Å². The Balaban J connectivity index is 1.98. The van der Waals surface area contributed by atoms with Gasteiger partial charge in [-0.25, -0.2) is 15.3 Å². The molecule has 0 aromatic carbocycles. The van der Waals surface area contributed by atoms with Crippen molar-refractivity contribution in [3.8, 4) is 0 Å². The van der Waals surface area contributed by atoms with Gasteiger partial charge >= 0.3 is 6.03 Å². The molecule has 8 heteroatoms. The van der Waals surface area contributed by atoms with Crippen LogP contribution in [0.5, 0.6) is 0 Å². The van der Waals surface area contributed by atoms with E-state index in [4.69, 9.17) is 5.21 Å². The van der Waals surface area contributed by atoms with E-state index in [0.717, 1.165) is 12.8 Å². The fourth-order valence-corrected chi connectivity index (χ4v) is 2.08. The maximum Gasteiger partial charge on any atom is 0.317 e. The highest BCUT2D eigenvalue weighted by molar-refractivity contribution is 5.91. The van der Waals surface area contributed by atoms with E-state index < -0.39 is 5.91 Å².